The number of nitrogens with two attached hydrogens (primary N) is 2. The van der Waals surface area contributed by atoms with Crippen LogP contribution in [0.25, 0.3) is 11.1 Å². The Labute approximate surface area is 196 Å². The molecule has 33 heavy (non-hydrogen) atoms. The van der Waals surface area contributed by atoms with Crippen LogP contribution in [0.4, 0.5) is 5.69 Å². The zero-order valence-corrected chi connectivity index (χ0v) is 18.8. The van der Waals surface area contributed by atoms with Gasteiger partial charge in [-0.1, -0.05) is 29.8 Å². The van der Waals surface area contributed by atoms with Crippen molar-refractivity contribution < 1.29 is 14.3 Å². The maximum atomic E-state index is 13.3. The van der Waals surface area contributed by atoms with E-state index in [4.69, 9.17) is 32.7 Å². The van der Waals surface area contributed by atoms with Gasteiger partial charge < -0.3 is 26.4 Å². The van der Waals surface area contributed by atoms with Crippen molar-refractivity contribution in [3.63, 3.8) is 0 Å². The van der Waals surface area contributed by atoms with Gasteiger partial charge in [-0.3, -0.25) is 4.79 Å². The minimum absolute atomic E-state index is 0.0310. The molecular weight excluding hydrogens is 440 g/mol. The number of hydrogen-bond donors (Lipinski definition) is 3. The minimum Gasteiger partial charge on any atom is -0.454 e. The highest BCUT2D eigenvalue weighted by atomic mass is 35.5. The first-order valence-corrected chi connectivity index (χ1v) is 10.9. The van der Waals surface area contributed by atoms with Crippen LogP contribution in [0.5, 0.6) is 11.5 Å². The third-order valence-corrected chi connectivity index (χ3v) is 6.61. The Morgan fingerprint density at radius 3 is 2.58 bits per heavy atom. The standard InChI is InChI=1S/C25H23ClN4O3/c1-14-2-5-17(12-19(14)15-3-6-18(20(26)10-15)23(27)30-28)29-24(31)25(8-9-25)16-4-7-21-22(11-16)33-13-32-21/h2-7,10-12H,8-9,13,28H2,1H3,(H2,27,30)(H,29,31). The monoisotopic (exact) mass is 462 g/mol. The summed E-state index contributed by atoms with van der Waals surface area (Å²) < 4.78 is 10.9. The fraction of sp³-hybridized carbons (Fsp3) is 0.200. The molecule has 0 unspecified atom stereocenters. The predicted molar refractivity (Wildman–Crippen MR) is 129 cm³/mol. The maximum Gasteiger partial charge on any atom is 0.235 e. The van der Waals surface area contributed by atoms with Crippen LogP contribution in [0.3, 0.4) is 0 Å². The van der Waals surface area contributed by atoms with E-state index < -0.39 is 5.41 Å². The first kappa shape index (κ1) is 21.2. The smallest absolute Gasteiger partial charge is 0.235 e. The van der Waals surface area contributed by atoms with Gasteiger partial charge in [-0.15, -0.1) is 0 Å². The molecule has 2 aliphatic rings. The van der Waals surface area contributed by atoms with Gasteiger partial charge in [0.2, 0.25) is 12.7 Å². The van der Waals surface area contributed by atoms with Gasteiger partial charge in [-0.2, -0.15) is 5.10 Å². The first-order valence-electron chi connectivity index (χ1n) is 10.6. The molecular formula is C25H23ClN4O3. The van der Waals surface area contributed by atoms with E-state index in [1.807, 2.05) is 55.5 Å². The number of amides is 1. The van der Waals surface area contributed by atoms with Crippen LogP contribution >= 0.6 is 11.6 Å². The van der Waals surface area contributed by atoms with Crippen LogP contribution in [-0.4, -0.2) is 18.5 Å². The average molecular weight is 463 g/mol. The number of ether oxygens (including phenoxy) is 2. The van der Waals surface area contributed by atoms with E-state index in [0.717, 1.165) is 40.8 Å². The largest absolute Gasteiger partial charge is 0.454 e. The van der Waals surface area contributed by atoms with Crippen LogP contribution in [0.2, 0.25) is 5.02 Å². The highest BCUT2D eigenvalue weighted by Crippen LogP contribution is 2.51. The predicted octanol–water partition coefficient (Wildman–Crippen LogP) is 4.29. The first-order chi connectivity index (χ1) is 15.9. The Morgan fingerprint density at radius 2 is 1.85 bits per heavy atom. The molecule has 7 nitrogen and oxygen atoms in total. The molecule has 0 saturated heterocycles. The number of nitrogens with one attached hydrogen (secondary N) is 1. The second-order valence-corrected chi connectivity index (χ2v) is 8.75. The lowest BCUT2D eigenvalue weighted by Crippen LogP contribution is -2.27. The SMILES string of the molecule is Cc1ccc(NC(=O)C2(c3ccc4c(c3)OCO4)CC2)cc1-c1ccc(/C(N)=N/N)c(Cl)c1. The second kappa shape index (κ2) is 8.01. The van der Waals surface area contributed by atoms with Gasteiger partial charge in [0.05, 0.1) is 10.4 Å². The summed E-state index contributed by atoms with van der Waals surface area (Å²) >= 11 is 6.40. The summed E-state index contributed by atoms with van der Waals surface area (Å²) in [5.41, 5.74) is 10.4. The van der Waals surface area contributed by atoms with Gasteiger partial charge >= 0.3 is 0 Å². The summed E-state index contributed by atoms with van der Waals surface area (Å²) in [7, 11) is 0. The Kier molecular flexibility index (Phi) is 5.13. The summed E-state index contributed by atoms with van der Waals surface area (Å²) in [5, 5.41) is 7.06. The Morgan fingerprint density at radius 1 is 1.06 bits per heavy atom. The van der Waals surface area contributed by atoms with Crippen LogP contribution in [0.15, 0.2) is 59.7 Å². The van der Waals surface area contributed by atoms with Crippen molar-refractivity contribution in [2.45, 2.75) is 25.2 Å². The number of rotatable bonds is 5. The molecule has 0 spiro atoms. The van der Waals surface area contributed by atoms with Gasteiger partial charge in [0.25, 0.3) is 0 Å². The molecule has 1 fully saturated rings. The molecule has 5 rings (SSSR count). The number of carbonyl (C=O) groups is 1. The van der Waals surface area contributed by atoms with E-state index in [-0.39, 0.29) is 18.5 Å². The molecule has 0 aromatic heterocycles. The van der Waals surface area contributed by atoms with Gasteiger partial charge in [0.15, 0.2) is 17.3 Å². The quantitative estimate of drug-likeness (QED) is 0.226. The van der Waals surface area contributed by atoms with Crippen molar-refractivity contribution in [3.05, 3.63) is 76.3 Å². The molecule has 1 saturated carbocycles. The highest BCUT2D eigenvalue weighted by Gasteiger charge is 2.51. The number of hydrazone groups is 1. The van der Waals surface area contributed by atoms with E-state index in [1.54, 1.807) is 6.07 Å². The maximum absolute atomic E-state index is 13.3. The highest BCUT2D eigenvalue weighted by molar-refractivity contribution is 6.34. The van der Waals surface area contributed by atoms with E-state index in [9.17, 15) is 4.79 Å². The number of aryl methyl sites for hydroxylation is 1. The Hall–Kier alpha value is -3.71. The molecule has 1 aliphatic carbocycles. The second-order valence-electron chi connectivity index (χ2n) is 8.34. The molecule has 8 heteroatoms. The zero-order chi connectivity index (χ0) is 23.2. The number of halogens is 1. The molecule has 1 aliphatic heterocycles. The number of nitrogens with zero attached hydrogens (tertiary/aromatic N) is 1. The average Bonchev–Trinajstić information content (AvgIpc) is 3.50. The van der Waals surface area contributed by atoms with Crippen molar-refractivity contribution in [2.24, 2.45) is 16.7 Å². The number of carbonyl (C=O) groups excluding carboxylic acids is 1. The van der Waals surface area contributed by atoms with E-state index >= 15 is 0 Å². The van der Waals surface area contributed by atoms with Crippen molar-refractivity contribution >= 4 is 29.0 Å². The van der Waals surface area contributed by atoms with Crippen LogP contribution in [-0.2, 0) is 10.2 Å². The molecule has 0 atom stereocenters. The van der Waals surface area contributed by atoms with Crippen LogP contribution in [0.1, 0.15) is 29.5 Å². The number of benzene rings is 3. The van der Waals surface area contributed by atoms with Crippen molar-refractivity contribution in [3.8, 4) is 22.6 Å². The van der Waals surface area contributed by atoms with Gasteiger partial charge in [-0.05, 0) is 78.4 Å². The lowest BCUT2D eigenvalue weighted by Gasteiger charge is -2.17. The fourth-order valence-corrected chi connectivity index (χ4v) is 4.46. The molecule has 3 aromatic carbocycles. The van der Waals surface area contributed by atoms with Crippen molar-refractivity contribution in [1.29, 1.82) is 0 Å². The summed E-state index contributed by atoms with van der Waals surface area (Å²) in [5.74, 6) is 6.81. The summed E-state index contributed by atoms with van der Waals surface area (Å²) in [6.07, 6.45) is 1.58. The summed E-state index contributed by atoms with van der Waals surface area (Å²) in [6, 6.07) is 17.1. The third kappa shape index (κ3) is 3.74. The zero-order valence-electron chi connectivity index (χ0n) is 18.0. The van der Waals surface area contributed by atoms with E-state index in [0.29, 0.717) is 22.1 Å². The topological polar surface area (TPSA) is 112 Å². The van der Waals surface area contributed by atoms with Gasteiger partial charge in [0.1, 0.15) is 0 Å². The molecule has 5 N–H and O–H groups in total. The number of hydrogen-bond acceptors (Lipinski definition) is 5. The fourth-order valence-electron chi connectivity index (χ4n) is 4.19. The lowest BCUT2D eigenvalue weighted by molar-refractivity contribution is -0.118. The minimum atomic E-state index is -0.546. The third-order valence-electron chi connectivity index (χ3n) is 6.30. The molecule has 3 aromatic rings. The summed E-state index contributed by atoms with van der Waals surface area (Å²) in [6.45, 7) is 2.22. The molecule has 168 valence electrons. The van der Waals surface area contributed by atoms with E-state index in [1.165, 1.54) is 0 Å². The van der Waals surface area contributed by atoms with Crippen LogP contribution < -0.4 is 26.4 Å². The number of fused-ring (bicyclic) bond motifs is 1. The molecule has 0 radical (unpaired) electrons. The van der Waals surface area contributed by atoms with E-state index in [2.05, 4.69) is 10.4 Å². The lowest BCUT2D eigenvalue weighted by atomic mass is 9.94. The van der Waals surface area contributed by atoms with Crippen molar-refractivity contribution in [2.75, 3.05) is 12.1 Å². The van der Waals surface area contributed by atoms with Gasteiger partial charge in [0, 0.05) is 11.3 Å². The normalized spacial score (nSPS) is 15.9. The van der Waals surface area contributed by atoms with Gasteiger partial charge in [-0.25, -0.2) is 0 Å². The molecule has 1 amide bonds. The summed E-state index contributed by atoms with van der Waals surface area (Å²) in [4.78, 5) is 13.3. The van der Waals surface area contributed by atoms with Crippen molar-refractivity contribution in [1.82, 2.24) is 0 Å². The molecule has 1 heterocycles. The Bertz CT molecular complexity index is 1300. The number of anilines is 1. The van der Waals surface area contributed by atoms with Crippen LogP contribution in [0, 0.1) is 6.92 Å². The number of amidine groups is 1. The Balaban J connectivity index is 1.41. The molecule has 0 bridgehead atoms.